The number of amides is 1. The molecule has 7 nitrogen and oxygen atoms in total. The van der Waals surface area contributed by atoms with Crippen molar-refractivity contribution >= 4 is 45.1 Å². The van der Waals surface area contributed by atoms with E-state index >= 15 is 0 Å². The van der Waals surface area contributed by atoms with E-state index in [0.29, 0.717) is 16.1 Å². The van der Waals surface area contributed by atoms with Crippen LogP contribution < -0.4 is 5.32 Å². The predicted molar refractivity (Wildman–Crippen MR) is 107 cm³/mol. The number of methoxy groups -OCH3 is 1. The fourth-order valence-electron chi connectivity index (χ4n) is 2.94. The number of ether oxygens (including phenoxy) is 2. The van der Waals surface area contributed by atoms with Crippen molar-refractivity contribution in [3.8, 4) is 0 Å². The SMILES string of the molecule is COC(=O)c1c(NC(=O)COC(=O)c2cn(C)c3ccccc23)sc(C)c1C. The zero-order valence-corrected chi connectivity index (χ0v) is 16.8. The first-order valence-electron chi connectivity index (χ1n) is 8.52. The van der Waals surface area contributed by atoms with E-state index in [1.165, 1.54) is 18.4 Å². The van der Waals surface area contributed by atoms with E-state index in [2.05, 4.69) is 5.32 Å². The molecule has 0 radical (unpaired) electrons. The molecule has 146 valence electrons. The Balaban J connectivity index is 1.70. The molecule has 0 atom stereocenters. The van der Waals surface area contributed by atoms with Gasteiger partial charge in [-0.05, 0) is 25.5 Å². The van der Waals surface area contributed by atoms with Gasteiger partial charge in [-0.3, -0.25) is 4.79 Å². The normalized spacial score (nSPS) is 10.7. The number of carbonyl (C=O) groups excluding carboxylic acids is 3. The number of para-hydroxylation sites is 1. The number of nitrogens with one attached hydrogen (secondary N) is 1. The molecule has 1 amide bonds. The molecule has 0 aliphatic rings. The number of thiophene rings is 1. The van der Waals surface area contributed by atoms with E-state index in [1.54, 1.807) is 13.1 Å². The summed E-state index contributed by atoms with van der Waals surface area (Å²) in [5.74, 6) is -1.64. The number of esters is 2. The van der Waals surface area contributed by atoms with Crippen molar-refractivity contribution in [2.75, 3.05) is 19.0 Å². The first kappa shape index (κ1) is 19.6. The summed E-state index contributed by atoms with van der Waals surface area (Å²) in [6.45, 7) is 3.18. The van der Waals surface area contributed by atoms with Crippen LogP contribution >= 0.6 is 11.3 Å². The predicted octanol–water partition coefficient (Wildman–Crippen LogP) is 3.44. The summed E-state index contributed by atoms with van der Waals surface area (Å²) in [5.41, 5.74) is 2.36. The Morgan fingerprint density at radius 1 is 1.14 bits per heavy atom. The molecule has 2 aromatic heterocycles. The molecule has 0 aliphatic heterocycles. The molecular weight excluding hydrogens is 380 g/mol. The van der Waals surface area contributed by atoms with Gasteiger partial charge in [0, 0.05) is 29.0 Å². The molecule has 0 aliphatic carbocycles. The second-order valence-electron chi connectivity index (χ2n) is 6.27. The van der Waals surface area contributed by atoms with Crippen molar-refractivity contribution in [2.24, 2.45) is 7.05 Å². The van der Waals surface area contributed by atoms with Crippen LogP contribution in [0, 0.1) is 13.8 Å². The van der Waals surface area contributed by atoms with Gasteiger partial charge >= 0.3 is 11.9 Å². The van der Waals surface area contributed by atoms with E-state index in [1.807, 2.05) is 42.8 Å². The highest BCUT2D eigenvalue weighted by Crippen LogP contribution is 2.32. The molecule has 0 saturated carbocycles. The fourth-order valence-corrected chi connectivity index (χ4v) is 4.00. The van der Waals surface area contributed by atoms with Crippen LogP contribution in [-0.4, -0.2) is 36.1 Å². The summed E-state index contributed by atoms with van der Waals surface area (Å²) in [5, 5.41) is 3.77. The Morgan fingerprint density at radius 3 is 2.57 bits per heavy atom. The van der Waals surface area contributed by atoms with Crippen LogP contribution in [0.3, 0.4) is 0 Å². The molecular formula is C20H20N2O5S. The van der Waals surface area contributed by atoms with E-state index < -0.39 is 24.5 Å². The van der Waals surface area contributed by atoms with E-state index in [0.717, 1.165) is 21.3 Å². The number of benzene rings is 1. The molecule has 28 heavy (non-hydrogen) atoms. The lowest BCUT2D eigenvalue weighted by Crippen LogP contribution is -2.21. The summed E-state index contributed by atoms with van der Waals surface area (Å²) < 4.78 is 11.8. The second kappa shape index (κ2) is 7.85. The quantitative estimate of drug-likeness (QED) is 0.663. The number of fused-ring (bicyclic) bond motifs is 1. The zero-order chi connectivity index (χ0) is 20.4. The van der Waals surface area contributed by atoms with Gasteiger partial charge in [-0.2, -0.15) is 0 Å². The molecule has 1 aromatic carbocycles. The molecule has 0 saturated heterocycles. The fraction of sp³-hybridized carbons (Fsp3) is 0.250. The molecule has 0 bridgehead atoms. The Kier molecular flexibility index (Phi) is 5.51. The topological polar surface area (TPSA) is 86.6 Å². The third-order valence-corrected chi connectivity index (χ3v) is 5.60. The third kappa shape index (κ3) is 3.63. The van der Waals surface area contributed by atoms with Crippen LogP contribution in [-0.2, 0) is 21.3 Å². The molecule has 0 unspecified atom stereocenters. The summed E-state index contributed by atoms with van der Waals surface area (Å²) >= 11 is 1.27. The smallest absolute Gasteiger partial charge is 0.341 e. The first-order valence-corrected chi connectivity index (χ1v) is 9.34. The van der Waals surface area contributed by atoms with Crippen LogP contribution in [0.25, 0.3) is 10.9 Å². The number of hydrogen-bond acceptors (Lipinski definition) is 6. The van der Waals surface area contributed by atoms with Gasteiger partial charge in [0.2, 0.25) is 0 Å². The molecule has 1 N–H and O–H groups in total. The number of anilines is 1. The van der Waals surface area contributed by atoms with Gasteiger partial charge in [-0.15, -0.1) is 11.3 Å². The first-order chi connectivity index (χ1) is 13.3. The van der Waals surface area contributed by atoms with Crippen molar-refractivity contribution in [3.63, 3.8) is 0 Å². The minimum Gasteiger partial charge on any atom is -0.465 e. The van der Waals surface area contributed by atoms with Crippen LogP contribution in [0.1, 0.15) is 31.2 Å². The Labute approximate surface area is 165 Å². The van der Waals surface area contributed by atoms with Crippen molar-refractivity contribution in [2.45, 2.75) is 13.8 Å². The lowest BCUT2D eigenvalue weighted by molar-refractivity contribution is -0.119. The van der Waals surface area contributed by atoms with Crippen molar-refractivity contribution in [1.29, 1.82) is 0 Å². The highest BCUT2D eigenvalue weighted by Gasteiger charge is 2.22. The lowest BCUT2D eigenvalue weighted by atomic mass is 10.1. The van der Waals surface area contributed by atoms with Crippen molar-refractivity contribution in [3.05, 3.63) is 52.0 Å². The largest absolute Gasteiger partial charge is 0.465 e. The van der Waals surface area contributed by atoms with Crippen LogP contribution in [0.5, 0.6) is 0 Å². The zero-order valence-electron chi connectivity index (χ0n) is 16.0. The number of rotatable bonds is 5. The molecule has 0 fully saturated rings. The van der Waals surface area contributed by atoms with Crippen molar-refractivity contribution in [1.82, 2.24) is 4.57 Å². The maximum absolute atomic E-state index is 12.4. The maximum Gasteiger partial charge on any atom is 0.341 e. The number of hydrogen-bond donors (Lipinski definition) is 1. The van der Waals surface area contributed by atoms with Gasteiger partial charge in [0.25, 0.3) is 5.91 Å². The average molecular weight is 400 g/mol. The minimum atomic E-state index is -0.585. The highest BCUT2D eigenvalue weighted by molar-refractivity contribution is 7.16. The van der Waals surface area contributed by atoms with E-state index in [-0.39, 0.29) is 0 Å². The Bertz CT molecular complexity index is 1080. The minimum absolute atomic E-state index is 0.318. The molecule has 3 rings (SSSR count). The summed E-state index contributed by atoms with van der Waals surface area (Å²) in [4.78, 5) is 37.5. The van der Waals surface area contributed by atoms with E-state index in [9.17, 15) is 14.4 Å². The van der Waals surface area contributed by atoms with Crippen molar-refractivity contribution < 1.29 is 23.9 Å². The molecule has 3 aromatic rings. The Hall–Kier alpha value is -3.13. The molecule has 0 spiro atoms. The molecule has 8 heteroatoms. The number of aromatic nitrogens is 1. The van der Waals surface area contributed by atoms with Gasteiger partial charge in [0.1, 0.15) is 5.00 Å². The van der Waals surface area contributed by atoms with Gasteiger partial charge in [0.05, 0.1) is 18.2 Å². The van der Waals surface area contributed by atoms with E-state index in [4.69, 9.17) is 9.47 Å². The third-order valence-electron chi connectivity index (χ3n) is 4.48. The summed E-state index contributed by atoms with van der Waals surface area (Å²) in [7, 11) is 3.12. The van der Waals surface area contributed by atoms with Gasteiger partial charge < -0.3 is 19.4 Å². The number of nitrogens with zero attached hydrogens (tertiary/aromatic N) is 1. The van der Waals surface area contributed by atoms with Gasteiger partial charge in [0.15, 0.2) is 6.61 Å². The lowest BCUT2D eigenvalue weighted by Gasteiger charge is -2.07. The second-order valence-corrected chi connectivity index (χ2v) is 7.50. The average Bonchev–Trinajstić information content (AvgIpc) is 3.16. The maximum atomic E-state index is 12.4. The van der Waals surface area contributed by atoms with Crippen LogP contribution in [0.4, 0.5) is 5.00 Å². The van der Waals surface area contributed by atoms with Gasteiger partial charge in [-0.25, -0.2) is 9.59 Å². The van der Waals surface area contributed by atoms with Gasteiger partial charge in [-0.1, -0.05) is 18.2 Å². The van der Waals surface area contributed by atoms with Crippen LogP contribution in [0.15, 0.2) is 30.5 Å². The Morgan fingerprint density at radius 2 is 1.86 bits per heavy atom. The monoisotopic (exact) mass is 400 g/mol. The standard InChI is InChI=1S/C20H20N2O5S/c1-11-12(2)28-18(17(11)20(25)26-4)21-16(23)10-27-19(24)14-9-22(3)15-8-6-5-7-13(14)15/h5-9H,10H2,1-4H3,(H,21,23). The highest BCUT2D eigenvalue weighted by atomic mass is 32.1. The number of carbonyl (C=O) groups is 3. The van der Waals surface area contributed by atoms with Crippen LogP contribution in [0.2, 0.25) is 0 Å². The summed E-state index contributed by atoms with van der Waals surface area (Å²) in [6.07, 6.45) is 1.67. The summed E-state index contributed by atoms with van der Waals surface area (Å²) in [6, 6.07) is 7.44. The molecule has 2 heterocycles. The number of aryl methyl sites for hydroxylation is 2.